The summed E-state index contributed by atoms with van der Waals surface area (Å²) >= 11 is 1.58. The lowest BCUT2D eigenvalue weighted by Gasteiger charge is -2.29. The molecule has 0 heterocycles. The van der Waals surface area contributed by atoms with E-state index in [4.69, 9.17) is 4.74 Å². The lowest BCUT2D eigenvalue weighted by Crippen LogP contribution is -2.50. The number of amides is 2. The van der Waals surface area contributed by atoms with E-state index < -0.39 is 6.04 Å². The molecule has 0 bridgehead atoms. The average molecular weight is 443 g/mol. The summed E-state index contributed by atoms with van der Waals surface area (Å²) in [5.74, 6) is 1.69. The van der Waals surface area contributed by atoms with Gasteiger partial charge in [-0.1, -0.05) is 43.3 Å². The number of methoxy groups -OCH3 is 1. The number of rotatable bonds is 11. The summed E-state index contributed by atoms with van der Waals surface area (Å²) < 4.78 is 5.22. The summed E-state index contributed by atoms with van der Waals surface area (Å²) in [4.78, 5) is 27.6. The highest BCUT2D eigenvalue weighted by Crippen LogP contribution is 2.19. The van der Waals surface area contributed by atoms with Crippen molar-refractivity contribution in [3.63, 3.8) is 0 Å². The molecule has 0 spiro atoms. The Bertz CT molecular complexity index is 854. The largest absolute Gasteiger partial charge is 0.497 e. The fourth-order valence-corrected chi connectivity index (χ4v) is 4.07. The number of benzene rings is 2. The van der Waals surface area contributed by atoms with Gasteiger partial charge >= 0.3 is 0 Å². The summed E-state index contributed by atoms with van der Waals surface area (Å²) in [6.45, 7) is 8.25. The van der Waals surface area contributed by atoms with Crippen LogP contribution in [0.1, 0.15) is 43.9 Å². The van der Waals surface area contributed by atoms with Crippen molar-refractivity contribution in [1.29, 1.82) is 0 Å². The Morgan fingerprint density at radius 2 is 1.77 bits per heavy atom. The molecule has 5 nitrogen and oxygen atoms in total. The number of carbonyl (C=O) groups excluding carboxylic acids is 2. The fraction of sp³-hybridized carbons (Fsp3) is 0.440. The van der Waals surface area contributed by atoms with Crippen LogP contribution in [0.15, 0.2) is 48.5 Å². The quantitative estimate of drug-likeness (QED) is 0.554. The summed E-state index contributed by atoms with van der Waals surface area (Å²) in [6, 6.07) is 15.3. The maximum atomic E-state index is 13.1. The molecule has 31 heavy (non-hydrogen) atoms. The topological polar surface area (TPSA) is 58.6 Å². The van der Waals surface area contributed by atoms with Crippen LogP contribution in [-0.2, 0) is 21.9 Å². The van der Waals surface area contributed by atoms with Crippen molar-refractivity contribution < 1.29 is 14.3 Å². The Balaban J connectivity index is 2.09. The molecule has 2 unspecified atom stereocenters. The summed E-state index contributed by atoms with van der Waals surface area (Å²) in [6.07, 6.45) is 0.844. The van der Waals surface area contributed by atoms with Crippen molar-refractivity contribution in [2.75, 3.05) is 12.9 Å². The number of thioether (sulfide) groups is 1. The highest BCUT2D eigenvalue weighted by Gasteiger charge is 2.26. The molecule has 0 aliphatic heterocycles. The lowest BCUT2D eigenvalue weighted by atomic mass is 10.1. The number of ether oxygens (including phenoxy) is 1. The molecule has 6 heteroatoms. The number of hydrogen-bond donors (Lipinski definition) is 1. The molecular weight excluding hydrogens is 408 g/mol. The molecule has 0 saturated carbocycles. The molecule has 1 N–H and O–H groups in total. The van der Waals surface area contributed by atoms with Crippen molar-refractivity contribution in [2.45, 2.75) is 58.5 Å². The van der Waals surface area contributed by atoms with Crippen molar-refractivity contribution >= 4 is 23.6 Å². The van der Waals surface area contributed by atoms with E-state index >= 15 is 0 Å². The molecule has 2 aromatic carbocycles. The molecule has 0 fully saturated rings. The van der Waals surface area contributed by atoms with Crippen LogP contribution in [-0.4, -0.2) is 41.7 Å². The van der Waals surface area contributed by atoms with Gasteiger partial charge in [-0.15, -0.1) is 11.8 Å². The van der Waals surface area contributed by atoms with E-state index in [0.717, 1.165) is 23.5 Å². The van der Waals surface area contributed by atoms with Gasteiger partial charge in [-0.05, 0) is 56.0 Å². The van der Waals surface area contributed by atoms with E-state index in [0.29, 0.717) is 12.3 Å². The zero-order valence-corrected chi connectivity index (χ0v) is 20.0. The van der Waals surface area contributed by atoms with Crippen LogP contribution in [0, 0.1) is 6.92 Å². The lowest BCUT2D eigenvalue weighted by molar-refractivity contribution is -0.138. The van der Waals surface area contributed by atoms with E-state index in [1.807, 2.05) is 50.2 Å². The average Bonchev–Trinajstić information content (AvgIpc) is 2.78. The van der Waals surface area contributed by atoms with Crippen molar-refractivity contribution in [3.05, 3.63) is 65.2 Å². The maximum absolute atomic E-state index is 13.1. The third kappa shape index (κ3) is 7.62. The molecule has 0 aliphatic rings. The first kappa shape index (κ1) is 24.8. The molecular formula is C25H34N2O3S. The van der Waals surface area contributed by atoms with Gasteiger partial charge in [-0.3, -0.25) is 9.59 Å². The molecule has 2 atom stereocenters. The summed E-state index contributed by atoms with van der Waals surface area (Å²) in [5, 5.41) is 3.00. The Morgan fingerprint density at radius 1 is 1.10 bits per heavy atom. The molecule has 2 amide bonds. The van der Waals surface area contributed by atoms with E-state index in [1.54, 1.807) is 30.7 Å². The SMILES string of the molecule is CCC(C)NC(=O)C(C)N(Cc1ccc(OC)cc1)C(=O)CSCc1ccccc1C. The van der Waals surface area contributed by atoms with Gasteiger partial charge < -0.3 is 15.0 Å². The van der Waals surface area contributed by atoms with E-state index in [9.17, 15) is 9.59 Å². The third-order valence-corrected chi connectivity index (χ3v) is 6.39. The maximum Gasteiger partial charge on any atom is 0.242 e. The number of carbonyl (C=O) groups is 2. The van der Waals surface area contributed by atoms with Gasteiger partial charge in [0, 0.05) is 18.3 Å². The van der Waals surface area contributed by atoms with E-state index in [-0.39, 0.29) is 17.9 Å². The second-order valence-corrected chi connectivity index (χ2v) is 8.77. The first-order valence-corrected chi connectivity index (χ1v) is 11.9. The van der Waals surface area contributed by atoms with Crippen LogP contribution < -0.4 is 10.1 Å². The minimum atomic E-state index is -0.553. The monoisotopic (exact) mass is 442 g/mol. The van der Waals surface area contributed by atoms with Crippen LogP contribution in [0.25, 0.3) is 0 Å². The van der Waals surface area contributed by atoms with Crippen molar-refractivity contribution in [1.82, 2.24) is 10.2 Å². The van der Waals surface area contributed by atoms with Crippen LogP contribution in [0.2, 0.25) is 0 Å². The molecule has 168 valence electrons. The van der Waals surface area contributed by atoms with Crippen molar-refractivity contribution in [3.8, 4) is 5.75 Å². The molecule has 0 radical (unpaired) electrons. The number of hydrogen-bond acceptors (Lipinski definition) is 4. The number of nitrogens with zero attached hydrogens (tertiary/aromatic N) is 1. The van der Waals surface area contributed by atoms with E-state index in [2.05, 4.69) is 24.4 Å². The fourth-order valence-electron chi connectivity index (χ4n) is 3.08. The van der Waals surface area contributed by atoms with Crippen LogP contribution >= 0.6 is 11.8 Å². The zero-order chi connectivity index (χ0) is 22.8. The van der Waals surface area contributed by atoms with E-state index in [1.165, 1.54) is 11.1 Å². The molecule has 0 saturated heterocycles. The van der Waals surface area contributed by atoms with Gasteiger partial charge in [0.25, 0.3) is 0 Å². The predicted molar refractivity (Wildman–Crippen MR) is 128 cm³/mol. The first-order chi connectivity index (χ1) is 14.8. The Hall–Kier alpha value is -2.47. The second kappa shape index (κ2) is 12.4. The van der Waals surface area contributed by atoms with Crippen molar-refractivity contribution in [2.24, 2.45) is 0 Å². The van der Waals surface area contributed by atoms with Gasteiger partial charge in [-0.2, -0.15) is 0 Å². The van der Waals surface area contributed by atoms with Crippen LogP contribution in [0.4, 0.5) is 0 Å². The normalized spacial score (nSPS) is 12.7. The minimum absolute atomic E-state index is 0.0406. The molecule has 0 aromatic heterocycles. The predicted octanol–water partition coefficient (Wildman–Crippen LogP) is 4.57. The second-order valence-electron chi connectivity index (χ2n) is 7.78. The highest BCUT2D eigenvalue weighted by molar-refractivity contribution is 7.99. The summed E-state index contributed by atoms with van der Waals surface area (Å²) in [5.41, 5.74) is 3.41. The highest BCUT2D eigenvalue weighted by atomic mass is 32.2. The number of nitrogens with one attached hydrogen (secondary N) is 1. The Kier molecular flexibility index (Phi) is 9.92. The molecule has 2 rings (SSSR count). The number of aryl methyl sites for hydroxylation is 1. The van der Waals surface area contributed by atoms with Crippen LogP contribution in [0.5, 0.6) is 5.75 Å². The Labute approximate surface area is 190 Å². The van der Waals surface area contributed by atoms with Gasteiger partial charge in [-0.25, -0.2) is 0 Å². The minimum Gasteiger partial charge on any atom is -0.497 e. The van der Waals surface area contributed by atoms with Gasteiger partial charge in [0.1, 0.15) is 11.8 Å². The molecule has 2 aromatic rings. The zero-order valence-electron chi connectivity index (χ0n) is 19.2. The van der Waals surface area contributed by atoms with Crippen LogP contribution in [0.3, 0.4) is 0 Å². The molecule has 0 aliphatic carbocycles. The van der Waals surface area contributed by atoms with Gasteiger partial charge in [0.15, 0.2) is 0 Å². The smallest absolute Gasteiger partial charge is 0.242 e. The standard InChI is InChI=1S/C25H34N2O3S/c1-6-19(3)26-25(29)20(4)27(15-21-11-13-23(30-5)14-12-21)24(28)17-31-16-22-10-8-7-9-18(22)2/h7-14,19-20H,6,15-17H2,1-5H3,(H,26,29). The van der Waals surface area contributed by atoms with Gasteiger partial charge in [0.05, 0.1) is 12.9 Å². The Morgan fingerprint density at radius 3 is 2.39 bits per heavy atom. The summed E-state index contributed by atoms with van der Waals surface area (Å²) in [7, 11) is 1.62. The third-order valence-electron chi connectivity index (χ3n) is 5.42. The van der Waals surface area contributed by atoms with Gasteiger partial charge in [0.2, 0.25) is 11.8 Å². The first-order valence-electron chi connectivity index (χ1n) is 10.7.